The number of ether oxygens (including phenoxy) is 3. The number of aryl methyl sites for hydroxylation is 2. The molecule has 0 unspecified atom stereocenters. The van der Waals surface area contributed by atoms with Crippen LogP contribution in [0.2, 0.25) is 5.15 Å². The van der Waals surface area contributed by atoms with Crippen LogP contribution in [0.1, 0.15) is 21.6 Å². The van der Waals surface area contributed by atoms with E-state index >= 15 is 0 Å². The van der Waals surface area contributed by atoms with Crippen LogP contribution < -0.4 is 14.8 Å². The third-order valence-electron chi connectivity index (χ3n) is 3.50. The summed E-state index contributed by atoms with van der Waals surface area (Å²) in [5, 5.41) is 2.67. The highest BCUT2D eigenvalue weighted by Crippen LogP contribution is 2.34. The van der Waals surface area contributed by atoms with E-state index in [1.807, 2.05) is 0 Å². The van der Waals surface area contributed by atoms with Gasteiger partial charge >= 0.3 is 5.97 Å². The van der Waals surface area contributed by atoms with E-state index in [1.165, 1.54) is 0 Å². The number of hydrogen-bond donors (Lipinski definition) is 1. The highest BCUT2D eigenvalue weighted by Gasteiger charge is 2.19. The number of carbonyl (C=O) groups is 2. The number of nitrogens with zero attached hydrogens (tertiary/aromatic N) is 1. The van der Waals surface area contributed by atoms with Gasteiger partial charge in [-0.25, -0.2) is 9.78 Å². The van der Waals surface area contributed by atoms with Gasteiger partial charge in [-0.15, -0.1) is 0 Å². The number of hydrogen-bond acceptors (Lipinski definition) is 6. The maximum atomic E-state index is 12.1. The third kappa shape index (κ3) is 3.83. The Kier molecular flexibility index (Phi) is 4.76. The molecule has 2 heterocycles. The van der Waals surface area contributed by atoms with Crippen molar-refractivity contribution in [1.82, 2.24) is 4.98 Å². The van der Waals surface area contributed by atoms with Crippen molar-refractivity contribution in [3.8, 4) is 11.5 Å². The van der Waals surface area contributed by atoms with E-state index in [2.05, 4.69) is 10.3 Å². The molecule has 1 aliphatic rings. The summed E-state index contributed by atoms with van der Waals surface area (Å²) < 4.78 is 15.5. The number of halogens is 1. The standard InChI is InChI=1S/C17H15ClN2O5/c1-9-5-10(2)19-16(18)15(9)17(22)23-7-14(21)20-11-3-4-12-13(6-11)25-8-24-12/h3-6H,7-8H2,1-2H3,(H,20,21). The molecule has 8 heteroatoms. The Balaban J connectivity index is 1.60. The highest BCUT2D eigenvalue weighted by molar-refractivity contribution is 6.32. The molecule has 1 amide bonds. The van der Waals surface area contributed by atoms with Gasteiger partial charge in [-0.05, 0) is 37.6 Å². The minimum Gasteiger partial charge on any atom is -0.454 e. The molecule has 1 aliphatic heterocycles. The number of benzene rings is 1. The van der Waals surface area contributed by atoms with Gasteiger partial charge in [0.25, 0.3) is 5.91 Å². The fourth-order valence-corrected chi connectivity index (χ4v) is 2.77. The largest absolute Gasteiger partial charge is 0.454 e. The number of aromatic nitrogens is 1. The summed E-state index contributed by atoms with van der Waals surface area (Å²) in [5.74, 6) is -0.0266. The molecular weight excluding hydrogens is 348 g/mol. The summed E-state index contributed by atoms with van der Waals surface area (Å²) in [6, 6.07) is 6.70. The molecule has 1 N–H and O–H groups in total. The predicted molar refractivity (Wildman–Crippen MR) is 90.2 cm³/mol. The van der Waals surface area contributed by atoms with Crippen LogP contribution in [0.25, 0.3) is 0 Å². The lowest BCUT2D eigenvalue weighted by atomic mass is 10.1. The summed E-state index contributed by atoms with van der Waals surface area (Å²) in [5.41, 5.74) is 2.00. The molecule has 2 aromatic rings. The van der Waals surface area contributed by atoms with Crippen molar-refractivity contribution in [3.63, 3.8) is 0 Å². The minimum absolute atomic E-state index is 0.0543. The molecule has 1 aromatic carbocycles. The molecule has 7 nitrogen and oxygen atoms in total. The lowest BCUT2D eigenvalue weighted by molar-refractivity contribution is -0.119. The molecule has 0 spiro atoms. The van der Waals surface area contributed by atoms with E-state index in [4.69, 9.17) is 25.8 Å². The number of nitrogens with one attached hydrogen (secondary N) is 1. The fourth-order valence-electron chi connectivity index (χ4n) is 2.41. The maximum Gasteiger partial charge on any atom is 0.342 e. The van der Waals surface area contributed by atoms with Crippen LogP contribution in [0.5, 0.6) is 11.5 Å². The topological polar surface area (TPSA) is 86.8 Å². The maximum absolute atomic E-state index is 12.1. The quantitative estimate of drug-likeness (QED) is 0.664. The molecule has 0 atom stereocenters. The zero-order valence-electron chi connectivity index (χ0n) is 13.6. The van der Waals surface area contributed by atoms with Crippen LogP contribution in [-0.4, -0.2) is 30.3 Å². The van der Waals surface area contributed by atoms with Crippen LogP contribution in [0.4, 0.5) is 5.69 Å². The van der Waals surface area contributed by atoms with E-state index in [-0.39, 0.29) is 17.5 Å². The number of anilines is 1. The van der Waals surface area contributed by atoms with Gasteiger partial charge in [-0.1, -0.05) is 11.6 Å². The molecule has 25 heavy (non-hydrogen) atoms. The van der Waals surface area contributed by atoms with Crippen molar-refractivity contribution >= 4 is 29.2 Å². The first kappa shape index (κ1) is 17.0. The van der Waals surface area contributed by atoms with E-state index < -0.39 is 18.5 Å². The molecular formula is C17H15ClN2O5. The Hall–Kier alpha value is -2.80. The molecule has 0 radical (unpaired) electrons. The van der Waals surface area contributed by atoms with E-state index in [9.17, 15) is 9.59 Å². The van der Waals surface area contributed by atoms with Crippen LogP contribution in [0, 0.1) is 13.8 Å². The van der Waals surface area contributed by atoms with Crippen LogP contribution in [0.15, 0.2) is 24.3 Å². The van der Waals surface area contributed by atoms with Gasteiger partial charge in [0, 0.05) is 17.4 Å². The van der Waals surface area contributed by atoms with Crippen LogP contribution in [0.3, 0.4) is 0 Å². The number of amides is 1. The summed E-state index contributed by atoms with van der Waals surface area (Å²) in [6.45, 7) is 3.20. The van der Waals surface area contributed by atoms with E-state index in [0.717, 1.165) is 0 Å². The zero-order valence-corrected chi connectivity index (χ0v) is 14.3. The first-order valence-corrected chi connectivity index (χ1v) is 7.82. The SMILES string of the molecule is Cc1cc(C)c(C(=O)OCC(=O)Nc2ccc3c(c2)OCO3)c(Cl)n1. The van der Waals surface area contributed by atoms with Crippen molar-refractivity contribution in [2.24, 2.45) is 0 Å². The first-order valence-electron chi connectivity index (χ1n) is 7.44. The molecule has 0 bridgehead atoms. The normalized spacial score (nSPS) is 12.0. The molecule has 0 saturated carbocycles. The fraction of sp³-hybridized carbons (Fsp3) is 0.235. The van der Waals surface area contributed by atoms with Gasteiger partial charge in [-0.3, -0.25) is 4.79 Å². The van der Waals surface area contributed by atoms with Gasteiger partial charge in [0.2, 0.25) is 6.79 Å². The average molecular weight is 363 g/mol. The molecule has 0 saturated heterocycles. The van der Waals surface area contributed by atoms with Crippen molar-refractivity contribution in [3.05, 3.63) is 46.2 Å². The lowest BCUT2D eigenvalue weighted by Crippen LogP contribution is -2.21. The highest BCUT2D eigenvalue weighted by atomic mass is 35.5. The first-order chi connectivity index (χ1) is 11.9. The molecule has 3 rings (SSSR count). The summed E-state index contributed by atoms with van der Waals surface area (Å²) >= 11 is 5.99. The summed E-state index contributed by atoms with van der Waals surface area (Å²) in [4.78, 5) is 28.1. The summed E-state index contributed by atoms with van der Waals surface area (Å²) in [6.07, 6.45) is 0. The second kappa shape index (κ2) is 6.98. The van der Waals surface area contributed by atoms with Crippen molar-refractivity contribution in [2.75, 3.05) is 18.7 Å². The number of carbonyl (C=O) groups excluding carboxylic acids is 2. The van der Waals surface area contributed by atoms with Crippen molar-refractivity contribution < 1.29 is 23.8 Å². The van der Waals surface area contributed by atoms with Gasteiger partial charge in [0.05, 0.1) is 5.56 Å². The number of fused-ring (bicyclic) bond motifs is 1. The van der Waals surface area contributed by atoms with Gasteiger partial charge in [0.15, 0.2) is 18.1 Å². The van der Waals surface area contributed by atoms with Gasteiger partial charge in [-0.2, -0.15) is 0 Å². The summed E-state index contributed by atoms with van der Waals surface area (Å²) in [7, 11) is 0. The molecule has 1 aromatic heterocycles. The Morgan fingerprint density at radius 1 is 1.24 bits per heavy atom. The predicted octanol–water partition coefficient (Wildman–Crippen LogP) is 2.88. The molecule has 0 fully saturated rings. The number of pyridine rings is 1. The average Bonchev–Trinajstić information content (AvgIpc) is 2.99. The Bertz CT molecular complexity index is 830. The zero-order chi connectivity index (χ0) is 18.0. The Morgan fingerprint density at radius 2 is 2.00 bits per heavy atom. The smallest absolute Gasteiger partial charge is 0.342 e. The van der Waals surface area contributed by atoms with Crippen molar-refractivity contribution in [2.45, 2.75) is 13.8 Å². The Labute approximate surface area is 148 Å². The van der Waals surface area contributed by atoms with Crippen LogP contribution >= 0.6 is 11.6 Å². The van der Waals surface area contributed by atoms with Gasteiger partial charge < -0.3 is 19.5 Å². The van der Waals surface area contributed by atoms with E-state index in [0.29, 0.717) is 28.4 Å². The Morgan fingerprint density at radius 3 is 2.76 bits per heavy atom. The van der Waals surface area contributed by atoms with Gasteiger partial charge in [0.1, 0.15) is 5.15 Å². The third-order valence-corrected chi connectivity index (χ3v) is 3.77. The minimum atomic E-state index is -0.698. The second-order valence-electron chi connectivity index (χ2n) is 5.44. The van der Waals surface area contributed by atoms with E-state index in [1.54, 1.807) is 38.1 Å². The number of rotatable bonds is 4. The lowest BCUT2D eigenvalue weighted by Gasteiger charge is -2.10. The van der Waals surface area contributed by atoms with Crippen molar-refractivity contribution in [1.29, 1.82) is 0 Å². The van der Waals surface area contributed by atoms with Crippen LogP contribution in [-0.2, 0) is 9.53 Å². The second-order valence-corrected chi connectivity index (χ2v) is 5.80. The molecule has 130 valence electrons. The monoisotopic (exact) mass is 362 g/mol. The molecule has 0 aliphatic carbocycles. The number of esters is 1.